The maximum Gasteiger partial charge on any atom is 0.161 e. The van der Waals surface area contributed by atoms with Gasteiger partial charge in [-0.1, -0.05) is 5.92 Å². The highest BCUT2D eigenvalue weighted by molar-refractivity contribution is 4.87. The van der Waals surface area contributed by atoms with Crippen LogP contribution < -0.4 is 0 Å². The fourth-order valence-electron chi connectivity index (χ4n) is 0.144. The summed E-state index contributed by atoms with van der Waals surface area (Å²) in [6.07, 6.45) is 8.65. The molecule has 0 unspecified atom stereocenters. The second-order valence-corrected chi connectivity index (χ2v) is 0.818. The van der Waals surface area contributed by atoms with Gasteiger partial charge in [-0.3, -0.25) is 0 Å². The Morgan fingerprint density at radius 3 is 2.86 bits per heavy atom. The fourth-order valence-corrected chi connectivity index (χ4v) is 0.144. The zero-order chi connectivity index (χ0) is 5.54. The average molecular weight is 93.1 g/mol. The summed E-state index contributed by atoms with van der Waals surface area (Å²) in [7, 11) is 0. The van der Waals surface area contributed by atoms with E-state index >= 15 is 0 Å². The Hall–Kier alpha value is -1.08. The molecule has 0 spiro atoms. The van der Waals surface area contributed by atoms with Crippen LogP contribution in [0.4, 0.5) is 0 Å². The van der Waals surface area contributed by atoms with Gasteiger partial charge in [-0.05, 0) is 12.3 Å². The van der Waals surface area contributed by atoms with E-state index in [4.69, 9.17) is 6.42 Å². The first-order valence-electron chi connectivity index (χ1n) is 1.85. The van der Waals surface area contributed by atoms with Crippen LogP contribution in [0.25, 0.3) is 0 Å². The van der Waals surface area contributed by atoms with Gasteiger partial charge in [0.25, 0.3) is 0 Å². The Bertz CT molecular complexity index is 119. The van der Waals surface area contributed by atoms with Gasteiger partial charge in [0, 0.05) is 6.92 Å². The van der Waals surface area contributed by atoms with Gasteiger partial charge in [-0.2, -0.15) is 0 Å². The van der Waals surface area contributed by atoms with Crippen molar-refractivity contribution in [1.29, 1.82) is 0 Å². The molecule has 0 aromatic rings. The van der Waals surface area contributed by atoms with E-state index in [1.165, 1.54) is 0 Å². The molecule has 0 aliphatic carbocycles. The summed E-state index contributed by atoms with van der Waals surface area (Å²) in [5, 5.41) is 0. The zero-order valence-corrected chi connectivity index (χ0v) is 4.12. The molecule has 0 saturated carbocycles. The summed E-state index contributed by atoms with van der Waals surface area (Å²) in [5.74, 6) is 4.53. The van der Waals surface area contributed by atoms with Gasteiger partial charge in [0.05, 0.1) is 0 Å². The Kier molecular flexibility index (Phi) is 4.16. The van der Waals surface area contributed by atoms with Crippen LogP contribution in [0.5, 0.6) is 0 Å². The van der Waals surface area contributed by atoms with Crippen molar-refractivity contribution in [3.8, 4) is 17.9 Å². The normalized spacial score (nSPS) is 5.14. The zero-order valence-electron chi connectivity index (χ0n) is 4.12. The van der Waals surface area contributed by atoms with Crippen molar-refractivity contribution in [1.82, 2.24) is 0 Å². The third-order valence-electron chi connectivity index (χ3n) is 0.319. The topological polar surface area (TPSA) is 9.23 Å². The van der Waals surface area contributed by atoms with Crippen molar-refractivity contribution >= 4 is 0 Å². The summed E-state index contributed by atoms with van der Waals surface area (Å²) in [6.45, 7) is 1.84. The van der Waals surface area contributed by atoms with Gasteiger partial charge in [-0.15, -0.1) is 0 Å². The van der Waals surface area contributed by atoms with Crippen molar-refractivity contribution in [2.45, 2.75) is 6.92 Å². The van der Waals surface area contributed by atoms with Crippen LogP contribution in [0.1, 0.15) is 6.92 Å². The molecular weight excluding hydrogens is 88.1 g/mol. The maximum atomic E-state index is 6.34. The highest BCUT2D eigenvalue weighted by atomic mass is 16.5. The molecule has 0 amide bonds. The number of ether oxygens (including phenoxy) is 1. The largest absolute Gasteiger partial charge is 0.433 e. The van der Waals surface area contributed by atoms with Crippen LogP contribution in [0.3, 0.4) is 0 Å². The van der Waals surface area contributed by atoms with Gasteiger partial charge < -0.3 is 4.74 Å². The van der Waals surface area contributed by atoms with E-state index in [2.05, 4.69) is 16.8 Å². The molecule has 1 radical (unpaired) electrons. The van der Waals surface area contributed by atoms with E-state index in [0.29, 0.717) is 0 Å². The Morgan fingerprint density at radius 2 is 2.43 bits per heavy atom. The molecule has 1 nitrogen and oxygen atoms in total. The van der Waals surface area contributed by atoms with E-state index in [-0.39, 0.29) is 6.61 Å². The molecule has 0 aromatic heterocycles. The minimum absolute atomic E-state index is 0.167. The molecular formula is C6H5O. The SMILES string of the molecule is [C]#CCOC#CC. The number of hydrogen-bond donors (Lipinski definition) is 0. The van der Waals surface area contributed by atoms with Gasteiger partial charge >= 0.3 is 0 Å². The van der Waals surface area contributed by atoms with Crippen LogP contribution in [-0.2, 0) is 4.74 Å². The van der Waals surface area contributed by atoms with Crippen molar-refractivity contribution < 1.29 is 4.74 Å². The van der Waals surface area contributed by atoms with E-state index in [1.54, 1.807) is 6.92 Å². The predicted molar refractivity (Wildman–Crippen MR) is 26.5 cm³/mol. The van der Waals surface area contributed by atoms with E-state index in [9.17, 15) is 0 Å². The molecule has 0 fully saturated rings. The van der Waals surface area contributed by atoms with Gasteiger partial charge in [-0.25, -0.2) is 0 Å². The first-order chi connectivity index (χ1) is 3.41. The van der Waals surface area contributed by atoms with E-state index < -0.39 is 0 Å². The van der Waals surface area contributed by atoms with Crippen LogP contribution in [0, 0.1) is 24.4 Å². The van der Waals surface area contributed by atoms with Gasteiger partial charge in [0.1, 0.15) is 6.11 Å². The van der Waals surface area contributed by atoms with Crippen molar-refractivity contribution in [2.24, 2.45) is 0 Å². The van der Waals surface area contributed by atoms with Crippen molar-refractivity contribution in [2.75, 3.05) is 6.61 Å². The second-order valence-electron chi connectivity index (χ2n) is 0.818. The summed E-state index contributed by atoms with van der Waals surface area (Å²) < 4.78 is 4.47. The quantitative estimate of drug-likeness (QED) is 0.340. The highest BCUT2D eigenvalue weighted by Crippen LogP contribution is 1.62. The lowest BCUT2D eigenvalue weighted by Gasteiger charge is -1.80. The first kappa shape index (κ1) is 5.92. The second kappa shape index (κ2) is 4.92. The maximum absolute atomic E-state index is 6.34. The third kappa shape index (κ3) is 4.92. The van der Waals surface area contributed by atoms with Crippen LogP contribution >= 0.6 is 0 Å². The molecule has 0 atom stereocenters. The fraction of sp³-hybridized carbons (Fsp3) is 0.333. The summed E-state index contributed by atoms with van der Waals surface area (Å²) in [6, 6.07) is 0. The monoisotopic (exact) mass is 93.0 g/mol. The Balaban J connectivity index is 2.98. The van der Waals surface area contributed by atoms with Crippen LogP contribution in [0.15, 0.2) is 0 Å². The van der Waals surface area contributed by atoms with Gasteiger partial charge in [0.15, 0.2) is 6.61 Å². The van der Waals surface area contributed by atoms with Gasteiger partial charge in [0.2, 0.25) is 0 Å². The van der Waals surface area contributed by atoms with E-state index in [1.807, 2.05) is 5.92 Å². The Labute approximate surface area is 43.7 Å². The molecule has 0 heterocycles. The average Bonchev–Trinajstić information content (AvgIpc) is 1.69. The number of hydrogen-bond acceptors (Lipinski definition) is 1. The molecule has 0 saturated heterocycles. The molecule has 0 aliphatic rings. The summed E-state index contributed by atoms with van der Waals surface area (Å²) >= 11 is 0. The number of rotatable bonds is 1. The smallest absolute Gasteiger partial charge is 0.161 e. The summed E-state index contributed by atoms with van der Waals surface area (Å²) in [5.41, 5.74) is 0. The lowest BCUT2D eigenvalue weighted by Crippen LogP contribution is -1.78. The highest BCUT2D eigenvalue weighted by Gasteiger charge is 1.64. The molecule has 1 heteroatoms. The standard InChI is InChI=1S/C6H5O/c1-3-5-7-6-4-2/h6H2,1H3. The van der Waals surface area contributed by atoms with Crippen LogP contribution in [-0.4, -0.2) is 6.61 Å². The molecule has 7 heavy (non-hydrogen) atoms. The summed E-state index contributed by atoms with van der Waals surface area (Å²) in [4.78, 5) is 0. The molecule has 35 valence electrons. The lowest BCUT2D eigenvalue weighted by atomic mass is 10.7. The molecule has 0 rings (SSSR count). The minimum atomic E-state index is 0.167. The molecule has 0 bridgehead atoms. The first-order valence-corrected chi connectivity index (χ1v) is 1.85. The minimum Gasteiger partial charge on any atom is -0.433 e. The van der Waals surface area contributed by atoms with Crippen molar-refractivity contribution in [3.63, 3.8) is 0 Å². The van der Waals surface area contributed by atoms with Crippen molar-refractivity contribution in [3.05, 3.63) is 6.42 Å². The lowest BCUT2D eigenvalue weighted by molar-refractivity contribution is 0.328. The molecule has 0 N–H and O–H groups in total. The Morgan fingerprint density at radius 1 is 1.71 bits per heavy atom. The molecule has 0 aliphatic heterocycles. The molecule has 0 aromatic carbocycles. The predicted octanol–water partition coefficient (Wildman–Crippen LogP) is 0.574. The van der Waals surface area contributed by atoms with Crippen LogP contribution in [0.2, 0.25) is 0 Å². The third-order valence-corrected chi connectivity index (χ3v) is 0.319. The van der Waals surface area contributed by atoms with E-state index in [0.717, 1.165) is 0 Å².